The molecular formula is C46H76NO10P. The van der Waals surface area contributed by atoms with Crippen LogP contribution in [-0.4, -0.2) is 59.9 Å². The Hall–Kier alpha value is -3.34. The summed E-state index contributed by atoms with van der Waals surface area (Å²) in [5, 5.41) is 8.88. The van der Waals surface area contributed by atoms with Crippen molar-refractivity contribution in [2.24, 2.45) is 5.73 Å². The lowest BCUT2D eigenvalue weighted by Crippen LogP contribution is -2.34. The lowest BCUT2D eigenvalue weighted by Gasteiger charge is -2.20. The number of allylic oxidation sites excluding steroid dienone is 13. The van der Waals surface area contributed by atoms with Gasteiger partial charge in [0.15, 0.2) is 6.10 Å². The van der Waals surface area contributed by atoms with Crippen molar-refractivity contribution in [2.75, 3.05) is 19.8 Å². The van der Waals surface area contributed by atoms with Crippen LogP contribution >= 0.6 is 7.82 Å². The van der Waals surface area contributed by atoms with Crippen LogP contribution in [0.25, 0.3) is 0 Å². The molecule has 1 unspecified atom stereocenters. The standard InChI is InChI=1S/C46H76NO10P/c1-3-5-7-9-11-13-15-17-19-20-21-22-24-26-28-30-32-34-36-38-45(49)57-42(40-55-58(52,53)56-41-43(47)46(50)51)39-54-44(48)37-35-33-31-29-27-25-23-18-16-14-12-10-8-6-4-2/h5,7,11,13,17,19,21-22,26,28,31,33,35,37,42-43H,3-4,6,8-10,12,14-16,18,20,23-25,27,29-30,32,34,36,38-41,47H2,1-2H3,(H,50,51)(H,52,53)/b7-5+,13-11+,19-17+,22-21+,28-26+,33-31+,37-35+/t42-,43+/m1/s1. The third-order valence-corrected chi connectivity index (χ3v) is 9.68. The third-order valence-electron chi connectivity index (χ3n) is 8.73. The molecule has 0 radical (unpaired) electrons. The van der Waals surface area contributed by atoms with E-state index in [1.807, 2.05) is 6.08 Å². The van der Waals surface area contributed by atoms with Crippen LogP contribution in [0.1, 0.15) is 155 Å². The van der Waals surface area contributed by atoms with E-state index in [1.54, 1.807) is 12.2 Å². The first-order chi connectivity index (χ1) is 28.1. The van der Waals surface area contributed by atoms with Crippen LogP contribution in [0.2, 0.25) is 0 Å². The minimum Gasteiger partial charge on any atom is -0.480 e. The number of unbranched alkanes of at least 4 members (excludes halogenated alkanes) is 14. The molecule has 0 amide bonds. The monoisotopic (exact) mass is 834 g/mol. The fraction of sp³-hybridized carbons (Fsp3) is 0.630. The molecule has 0 aliphatic carbocycles. The van der Waals surface area contributed by atoms with Crippen molar-refractivity contribution < 1.29 is 47.5 Å². The van der Waals surface area contributed by atoms with E-state index >= 15 is 0 Å². The summed E-state index contributed by atoms with van der Waals surface area (Å²) in [6.07, 6.45) is 50.0. The molecule has 0 aromatic heterocycles. The highest BCUT2D eigenvalue weighted by Gasteiger charge is 2.28. The molecule has 58 heavy (non-hydrogen) atoms. The van der Waals surface area contributed by atoms with E-state index < -0.39 is 57.7 Å². The van der Waals surface area contributed by atoms with Crippen LogP contribution in [0.5, 0.6) is 0 Å². The van der Waals surface area contributed by atoms with E-state index in [4.69, 9.17) is 24.8 Å². The van der Waals surface area contributed by atoms with E-state index in [2.05, 4.69) is 79.1 Å². The molecule has 0 aromatic rings. The summed E-state index contributed by atoms with van der Waals surface area (Å²) < 4.78 is 32.5. The van der Waals surface area contributed by atoms with Crippen LogP contribution in [0.3, 0.4) is 0 Å². The summed E-state index contributed by atoms with van der Waals surface area (Å²) in [7, 11) is -4.75. The number of esters is 2. The largest absolute Gasteiger partial charge is 0.480 e. The van der Waals surface area contributed by atoms with Crippen molar-refractivity contribution in [3.63, 3.8) is 0 Å². The Kier molecular flexibility index (Phi) is 38.1. The molecule has 0 fully saturated rings. The number of hydrogen-bond acceptors (Lipinski definition) is 9. The molecule has 4 N–H and O–H groups in total. The lowest BCUT2D eigenvalue weighted by atomic mass is 10.1. The van der Waals surface area contributed by atoms with Crippen molar-refractivity contribution in [3.05, 3.63) is 85.1 Å². The van der Waals surface area contributed by atoms with E-state index in [0.29, 0.717) is 6.42 Å². The fourth-order valence-electron chi connectivity index (χ4n) is 5.36. The minimum atomic E-state index is -4.75. The van der Waals surface area contributed by atoms with Gasteiger partial charge in [0.25, 0.3) is 0 Å². The third kappa shape index (κ3) is 39.5. The molecule has 11 nitrogen and oxygen atoms in total. The van der Waals surface area contributed by atoms with Crippen molar-refractivity contribution in [1.29, 1.82) is 0 Å². The zero-order valence-corrected chi connectivity index (χ0v) is 36.5. The van der Waals surface area contributed by atoms with Gasteiger partial charge in [0.05, 0.1) is 13.2 Å². The zero-order valence-electron chi connectivity index (χ0n) is 35.6. The van der Waals surface area contributed by atoms with Crippen LogP contribution in [0.15, 0.2) is 85.1 Å². The summed E-state index contributed by atoms with van der Waals surface area (Å²) in [5.74, 6) is -2.69. The van der Waals surface area contributed by atoms with Gasteiger partial charge in [-0.05, 0) is 64.2 Å². The van der Waals surface area contributed by atoms with Crippen molar-refractivity contribution in [2.45, 2.75) is 167 Å². The number of rotatable bonds is 39. The molecule has 0 aliphatic rings. The van der Waals surface area contributed by atoms with Crippen LogP contribution in [0, 0.1) is 0 Å². The number of carbonyl (C=O) groups excluding carboxylic acids is 2. The number of ether oxygens (including phenoxy) is 2. The summed E-state index contributed by atoms with van der Waals surface area (Å²) in [6.45, 7) is 2.52. The van der Waals surface area contributed by atoms with Gasteiger partial charge in [-0.1, -0.05) is 163 Å². The van der Waals surface area contributed by atoms with Crippen molar-refractivity contribution in [3.8, 4) is 0 Å². The SMILES string of the molecule is CC/C=C/C/C=C/C/C=C/C/C=C/C/C=C/CCCCCC(=O)O[C@H](COC(=O)/C=C/C=C/CCCCCCCCCCCCC)COP(=O)(O)OC[C@H](N)C(=O)O. The average Bonchev–Trinajstić information content (AvgIpc) is 3.20. The number of carboxylic acids is 1. The van der Waals surface area contributed by atoms with E-state index in [0.717, 1.165) is 64.2 Å². The van der Waals surface area contributed by atoms with Gasteiger partial charge in [-0.25, -0.2) is 9.36 Å². The fourth-order valence-corrected chi connectivity index (χ4v) is 6.13. The second kappa shape index (κ2) is 40.4. The van der Waals surface area contributed by atoms with Gasteiger partial charge in [-0.3, -0.25) is 18.6 Å². The molecule has 0 saturated carbocycles. The van der Waals surface area contributed by atoms with Gasteiger partial charge in [-0.15, -0.1) is 0 Å². The Labute approximate surface area is 350 Å². The normalized spacial score (nSPS) is 14.6. The summed E-state index contributed by atoms with van der Waals surface area (Å²) in [5.41, 5.74) is 5.32. The molecular weight excluding hydrogens is 757 g/mol. The Morgan fingerprint density at radius 2 is 1.09 bits per heavy atom. The van der Waals surface area contributed by atoms with Crippen LogP contribution in [0.4, 0.5) is 0 Å². The summed E-state index contributed by atoms with van der Waals surface area (Å²) in [4.78, 5) is 45.8. The Morgan fingerprint density at radius 1 is 0.603 bits per heavy atom. The number of carboxylic acid groups (broad SMARTS) is 1. The highest BCUT2D eigenvalue weighted by Crippen LogP contribution is 2.43. The lowest BCUT2D eigenvalue weighted by molar-refractivity contribution is -0.159. The molecule has 0 heterocycles. The first-order valence-electron chi connectivity index (χ1n) is 21.7. The number of aliphatic carboxylic acids is 1. The van der Waals surface area contributed by atoms with Gasteiger partial charge in [0, 0.05) is 12.5 Å². The quantitative estimate of drug-likeness (QED) is 0.0134. The second-order valence-electron chi connectivity index (χ2n) is 14.2. The first kappa shape index (κ1) is 54.7. The van der Waals surface area contributed by atoms with Gasteiger partial charge in [-0.2, -0.15) is 0 Å². The predicted octanol–water partition coefficient (Wildman–Crippen LogP) is 11.5. The maximum atomic E-state index is 12.6. The van der Waals surface area contributed by atoms with Gasteiger partial charge in [0.2, 0.25) is 0 Å². The number of nitrogens with two attached hydrogens (primary N) is 1. The van der Waals surface area contributed by atoms with Gasteiger partial charge in [0.1, 0.15) is 12.6 Å². The number of carbonyl (C=O) groups is 3. The summed E-state index contributed by atoms with van der Waals surface area (Å²) >= 11 is 0. The molecule has 0 bridgehead atoms. The smallest absolute Gasteiger partial charge is 0.472 e. The van der Waals surface area contributed by atoms with Crippen molar-refractivity contribution in [1.82, 2.24) is 0 Å². The first-order valence-corrected chi connectivity index (χ1v) is 23.1. The number of phosphoric ester groups is 1. The molecule has 0 spiro atoms. The molecule has 0 aliphatic heterocycles. The topological polar surface area (TPSA) is 172 Å². The van der Waals surface area contributed by atoms with E-state index in [-0.39, 0.29) is 6.42 Å². The van der Waals surface area contributed by atoms with Gasteiger partial charge < -0.3 is 25.2 Å². The highest BCUT2D eigenvalue weighted by atomic mass is 31.2. The zero-order chi connectivity index (χ0) is 42.8. The Bertz CT molecular complexity index is 1300. The maximum absolute atomic E-state index is 12.6. The van der Waals surface area contributed by atoms with Crippen LogP contribution < -0.4 is 5.73 Å². The Morgan fingerprint density at radius 3 is 1.64 bits per heavy atom. The Balaban J connectivity index is 4.55. The minimum absolute atomic E-state index is 0.0979. The van der Waals surface area contributed by atoms with Crippen LogP contribution in [-0.2, 0) is 37.5 Å². The van der Waals surface area contributed by atoms with E-state index in [9.17, 15) is 23.8 Å². The summed E-state index contributed by atoms with van der Waals surface area (Å²) in [6, 6.07) is -1.54. The van der Waals surface area contributed by atoms with Crippen molar-refractivity contribution >= 4 is 25.7 Å². The number of phosphoric acid groups is 1. The second-order valence-corrected chi connectivity index (χ2v) is 15.6. The average molecular weight is 834 g/mol. The van der Waals surface area contributed by atoms with E-state index in [1.165, 1.54) is 70.3 Å². The van der Waals surface area contributed by atoms with Gasteiger partial charge >= 0.3 is 25.7 Å². The molecule has 0 rings (SSSR count). The molecule has 3 atom stereocenters. The molecule has 12 heteroatoms. The maximum Gasteiger partial charge on any atom is 0.472 e. The molecule has 330 valence electrons. The molecule has 0 aromatic carbocycles. The molecule has 0 saturated heterocycles. The number of hydrogen-bond donors (Lipinski definition) is 3. The predicted molar refractivity (Wildman–Crippen MR) is 235 cm³/mol. The highest BCUT2D eigenvalue weighted by molar-refractivity contribution is 7.47.